The smallest absolute Gasteiger partial charge is 0.280 e. The van der Waals surface area contributed by atoms with E-state index in [0.717, 1.165) is 5.69 Å². The van der Waals surface area contributed by atoms with Crippen LogP contribution in [-0.2, 0) is 16.1 Å². The maximum atomic E-state index is 13.5. The van der Waals surface area contributed by atoms with E-state index in [9.17, 15) is 9.59 Å². The van der Waals surface area contributed by atoms with Crippen LogP contribution in [0.1, 0.15) is 26.0 Å². The van der Waals surface area contributed by atoms with Gasteiger partial charge in [-0.25, -0.2) is 9.36 Å². The molecular weight excluding hydrogens is 456 g/mol. The fourth-order valence-corrected chi connectivity index (χ4v) is 3.78. The Bertz CT molecular complexity index is 1340. The molecule has 3 heterocycles. The number of benzene rings is 1. The second-order valence-electron chi connectivity index (χ2n) is 8.20. The number of hydrogen-bond donors (Lipinski definition) is 1. The van der Waals surface area contributed by atoms with Gasteiger partial charge in [0, 0.05) is 30.6 Å². The second kappa shape index (κ2) is 10.2. The molecule has 178 valence electrons. The van der Waals surface area contributed by atoms with Gasteiger partial charge in [0.1, 0.15) is 17.4 Å². The minimum Gasteiger partial charge on any atom is -0.379 e. The van der Waals surface area contributed by atoms with Gasteiger partial charge >= 0.3 is 0 Å². The van der Waals surface area contributed by atoms with Gasteiger partial charge in [-0.1, -0.05) is 11.6 Å². The summed E-state index contributed by atoms with van der Waals surface area (Å²) in [5, 5.41) is 12.9. The number of halogens is 1. The summed E-state index contributed by atoms with van der Waals surface area (Å²) in [7, 11) is 0. The zero-order valence-electron chi connectivity index (χ0n) is 19.4. The summed E-state index contributed by atoms with van der Waals surface area (Å²) in [6.07, 6.45) is 4.52. The molecule has 0 aliphatic heterocycles. The average molecular weight is 483 g/mol. The van der Waals surface area contributed by atoms with Gasteiger partial charge in [-0.2, -0.15) is 10.2 Å². The van der Waals surface area contributed by atoms with Crippen LogP contribution < -0.4 is 10.9 Å². The molecule has 0 bridgehead atoms. The number of amides is 1. The monoisotopic (exact) mass is 482 g/mol. The Balaban J connectivity index is 1.69. The van der Waals surface area contributed by atoms with Gasteiger partial charge in [0.2, 0.25) is 5.91 Å². The Labute approximate surface area is 201 Å². The van der Waals surface area contributed by atoms with Crippen molar-refractivity contribution in [3.8, 4) is 11.5 Å². The Kier molecular flexibility index (Phi) is 7.14. The maximum Gasteiger partial charge on any atom is 0.280 e. The van der Waals surface area contributed by atoms with Crippen molar-refractivity contribution in [3.63, 3.8) is 0 Å². The van der Waals surface area contributed by atoms with Gasteiger partial charge in [-0.15, -0.1) is 0 Å². The number of fused-ring (bicyclic) bond motifs is 1. The van der Waals surface area contributed by atoms with Crippen LogP contribution in [0.4, 0.5) is 0 Å². The Hall–Kier alpha value is -3.43. The zero-order valence-corrected chi connectivity index (χ0v) is 20.1. The lowest BCUT2D eigenvalue weighted by Crippen LogP contribution is -2.35. The van der Waals surface area contributed by atoms with Crippen LogP contribution in [0, 0.1) is 6.92 Å². The third-order valence-electron chi connectivity index (χ3n) is 5.23. The van der Waals surface area contributed by atoms with E-state index in [4.69, 9.17) is 21.4 Å². The van der Waals surface area contributed by atoms with E-state index in [1.54, 1.807) is 23.7 Å². The molecule has 4 rings (SSSR count). The summed E-state index contributed by atoms with van der Waals surface area (Å²) in [5.74, 6) is 0.281. The van der Waals surface area contributed by atoms with E-state index in [2.05, 4.69) is 10.4 Å². The van der Waals surface area contributed by atoms with Crippen molar-refractivity contribution in [2.45, 2.75) is 39.8 Å². The molecule has 0 unspecified atom stereocenters. The molecule has 0 radical (unpaired) electrons. The van der Waals surface area contributed by atoms with E-state index in [1.165, 1.54) is 4.68 Å². The van der Waals surface area contributed by atoms with Crippen molar-refractivity contribution in [2.75, 3.05) is 13.2 Å². The lowest BCUT2D eigenvalue weighted by molar-refractivity contribution is -0.121. The van der Waals surface area contributed by atoms with Crippen LogP contribution in [0.2, 0.25) is 5.02 Å². The van der Waals surface area contributed by atoms with Crippen molar-refractivity contribution in [1.82, 2.24) is 29.4 Å². The molecule has 0 atom stereocenters. The molecular formula is C24H27ClN6O3. The van der Waals surface area contributed by atoms with E-state index in [0.29, 0.717) is 47.0 Å². The van der Waals surface area contributed by atoms with E-state index in [1.807, 2.05) is 55.1 Å². The summed E-state index contributed by atoms with van der Waals surface area (Å²) in [4.78, 5) is 26.0. The highest BCUT2D eigenvalue weighted by molar-refractivity contribution is 6.30. The minimum atomic E-state index is -0.386. The van der Waals surface area contributed by atoms with Crippen molar-refractivity contribution in [1.29, 1.82) is 0 Å². The quantitative estimate of drug-likeness (QED) is 0.369. The number of aryl methyl sites for hydroxylation is 1. The molecule has 34 heavy (non-hydrogen) atoms. The van der Waals surface area contributed by atoms with Gasteiger partial charge in [0.05, 0.1) is 17.5 Å². The zero-order chi connectivity index (χ0) is 24.2. The largest absolute Gasteiger partial charge is 0.379 e. The van der Waals surface area contributed by atoms with Crippen LogP contribution in [-0.4, -0.2) is 49.3 Å². The van der Waals surface area contributed by atoms with Crippen molar-refractivity contribution < 1.29 is 9.53 Å². The highest BCUT2D eigenvalue weighted by atomic mass is 35.5. The Morgan fingerprint density at radius 2 is 1.85 bits per heavy atom. The first kappa shape index (κ1) is 23.7. The summed E-state index contributed by atoms with van der Waals surface area (Å²) in [5.41, 5.74) is 1.39. The van der Waals surface area contributed by atoms with Gasteiger partial charge in [-0.05, 0) is 63.6 Å². The van der Waals surface area contributed by atoms with Crippen molar-refractivity contribution in [2.24, 2.45) is 0 Å². The molecule has 1 aromatic carbocycles. The molecule has 3 aromatic heterocycles. The van der Waals surface area contributed by atoms with Crippen molar-refractivity contribution >= 4 is 28.4 Å². The topological polar surface area (TPSA) is 96.0 Å². The minimum absolute atomic E-state index is 0.150. The molecule has 0 fully saturated rings. The summed E-state index contributed by atoms with van der Waals surface area (Å²) >= 11 is 6.06. The Morgan fingerprint density at radius 1 is 1.15 bits per heavy atom. The normalized spacial score (nSPS) is 11.4. The number of hydrogen-bond acceptors (Lipinski definition) is 5. The number of nitrogens with zero attached hydrogens (tertiary/aromatic N) is 5. The van der Waals surface area contributed by atoms with Crippen LogP contribution in [0.25, 0.3) is 22.4 Å². The van der Waals surface area contributed by atoms with Gasteiger partial charge in [0.25, 0.3) is 5.56 Å². The predicted octanol–water partition coefficient (Wildman–Crippen LogP) is 3.27. The van der Waals surface area contributed by atoms with Gasteiger partial charge in [0.15, 0.2) is 5.82 Å². The average Bonchev–Trinajstić information content (AvgIpc) is 3.45. The summed E-state index contributed by atoms with van der Waals surface area (Å²) in [6, 6.07) is 10.9. The number of ether oxygens (including phenoxy) is 1. The second-order valence-corrected chi connectivity index (χ2v) is 8.63. The third kappa shape index (κ3) is 5.05. The number of carbonyl (C=O) groups excluding carboxylic acids is 1. The molecule has 0 aliphatic carbocycles. The standard InChI is InChI=1S/C24H27ClN6O3/c1-16(2)34-14-6-11-26-20(32)15-30-24(33)21-22(17(3)27-30)28-31(19-9-7-18(25)8-10-19)23(21)29-12-4-5-13-29/h4-5,7-10,12-13,16H,6,11,14-15H2,1-3H3,(H,26,32). The van der Waals surface area contributed by atoms with E-state index in [-0.39, 0.29) is 24.1 Å². The SMILES string of the molecule is Cc1nn(CC(=O)NCCCOC(C)C)c(=O)c2c(-n3cccc3)n(-c3ccc(Cl)cc3)nc12. The number of rotatable bonds is 9. The highest BCUT2D eigenvalue weighted by Gasteiger charge is 2.22. The molecule has 0 saturated heterocycles. The fourth-order valence-electron chi connectivity index (χ4n) is 3.66. The number of nitrogens with one attached hydrogen (secondary N) is 1. The fraction of sp³-hybridized carbons (Fsp3) is 0.333. The van der Waals surface area contributed by atoms with Crippen LogP contribution in [0.5, 0.6) is 0 Å². The van der Waals surface area contributed by atoms with Gasteiger partial charge in [-0.3, -0.25) is 9.59 Å². The molecule has 1 amide bonds. The van der Waals surface area contributed by atoms with Crippen LogP contribution >= 0.6 is 11.6 Å². The molecule has 4 aromatic rings. The molecule has 0 spiro atoms. The molecule has 1 N–H and O–H groups in total. The summed E-state index contributed by atoms with van der Waals surface area (Å²) < 4.78 is 10.2. The summed E-state index contributed by atoms with van der Waals surface area (Å²) in [6.45, 7) is 6.55. The first-order chi connectivity index (χ1) is 16.3. The molecule has 10 heteroatoms. The number of carbonyl (C=O) groups is 1. The van der Waals surface area contributed by atoms with Crippen LogP contribution in [0.15, 0.2) is 53.6 Å². The third-order valence-corrected chi connectivity index (χ3v) is 5.48. The lowest BCUT2D eigenvalue weighted by atomic mass is 10.2. The first-order valence-corrected chi connectivity index (χ1v) is 11.5. The lowest BCUT2D eigenvalue weighted by Gasteiger charge is -2.10. The number of aromatic nitrogens is 5. The molecule has 0 aliphatic rings. The van der Waals surface area contributed by atoms with E-state index >= 15 is 0 Å². The molecule has 9 nitrogen and oxygen atoms in total. The van der Waals surface area contributed by atoms with Crippen LogP contribution in [0.3, 0.4) is 0 Å². The predicted molar refractivity (Wildman–Crippen MR) is 131 cm³/mol. The van der Waals surface area contributed by atoms with E-state index < -0.39 is 0 Å². The van der Waals surface area contributed by atoms with Crippen molar-refractivity contribution in [3.05, 3.63) is 69.9 Å². The Morgan fingerprint density at radius 3 is 2.53 bits per heavy atom. The van der Waals surface area contributed by atoms with Gasteiger partial charge < -0.3 is 14.6 Å². The first-order valence-electron chi connectivity index (χ1n) is 11.1. The molecule has 0 saturated carbocycles. The highest BCUT2D eigenvalue weighted by Crippen LogP contribution is 2.25. The maximum absolute atomic E-state index is 13.5.